The highest BCUT2D eigenvalue weighted by molar-refractivity contribution is 5.24. The Labute approximate surface area is 109 Å². The minimum Gasteiger partial charge on any atom is -0.382 e. The van der Waals surface area contributed by atoms with Crippen LogP contribution in [-0.2, 0) is 16.9 Å². The molecule has 102 valence electrons. The predicted octanol–water partition coefficient (Wildman–Crippen LogP) is 2.46. The first-order valence-electron chi connectivity index (χ1n) is 6.66. The molecule has 1 saturated heterocycles. The highest BCUT2D eigenvalue weighted by Gasteiger charge is 2.57. The van der Waals surface area contributed by atoms with Crippen LogP contribution >= 0.6 is 0 Å². The van der Waals surface area contributed by atoms with Gasteiger partial charge in [0.1, 0.15) is 5.60 Å². The Morgan fingerprint density at radius 2 is 2.06 bits per heavy atom. The molecule has 4 heteroatoms. The van der Waals surface area contributed by atoms with Crippen molar-refractivity contribution in [3.63, 3.8) is 0 Å². The maximum atomic E-state index is 11.0. The van der Waals surface area contributed by atoms with E-state index in [-0.39, 0.29) is 5.60 Å². The van der Waals surface area contributed by atoms with Crippen LogP contribution in [0.4, 0.5) is 0 Å². The molecule has 1 atom stereocenters. The van der Waals surface area contributed by atoms with Gasteiger partial charge in [-0.05, 0) is 34.1 Å². The van der Waals surface area contributed by atoms with Crippen molar-refractivity contribution in [2.75, 3.05) is 0 Å². The van der Waals surface area contributed by atoms with Crippen LogP contribution in [0.25, 0.3) is 0 Å². The quantitative estimate of drug-likeness (QED) is 0.899. The number of rotatable bonds is 3. The van der Waals surface area contributed by atoms with Crippen molar-refractivity contribution in [3.05, 3.63) is 18.0 Å². The van der Waals surface area contributed by atoms with Crippen LogP contribution < -0.4 is 0 Å². The van der Waals surface area contributed by atoms with E-state index < -0.39 is 11.2 Å². The van der Waals surface area contributed by atoms with E-state index in [0.717, 1.165) is 18.5 Å². The number of hydrogen-bond donors (Lipinski definition) is 1. The Morgan fingerprint density at radius 3 is 2.56 bits per heavy atom. The Balaban J connectivity index is 2.35. The van der Waals surface area contributed by atoms with Crippen molar-refractivity contribution in [3.8, 4) is 0 Å². The van der Waals surface area contributed by atoms with Crippen LogP contribution in [-0.4, -0.2) is 26.1 Å². The molecule has 2 heterocycles. The minimum absolute atomic E-state index is 0.314. The molecule has 2 rings (SSSR count). The second-order valence-electron chi connectivity index (χ2n) is 6.40. The van der Waals surface area contributed by atoms with E-state index in [9.17, 15) is 5.11 Å². The Hall–Kier alpha value is -0.870. The van der Waals surface area contributed by atoms with Gasteiger partial charge in [-0.3, -0.25) is 4.68 Å². The van der Waals surface area contributed by atoms with Crippen LogP contribution in [0.2, 0.25) is 0 Å². The highest BCUT2D eigenvalue weighted by atomic mass is 16.5. The molecular weight excluding hydrogens is 228 g/mol. The number of aromatic nitrogens is 2. The molecule has 1 aromatic heterocycles. The van der Waals surface area contributed by atoms with Gasteiger partial charge in [-0.1, -0.05) is 6.92 Å². The van der Waals surface area contributed by atoms with E-state index in [1.807, 2.05) is 38.6 Å². The van der Waals surface area contributed by atoms with E-state index in [1.54, 1.807) is 6.20 Å². The summed E-state index contributed by atoms with van der Waals surface area (Å²) >= 11 is 0. The smallest absolute Gasteiger partial charge is 0.124 e. The van der Waals surface area contributed by atoms with Gasteiger partial charge in [0.15, 0.2) is 0 Å². The zero-order valence-corrected chi connectivity index (χ0v) is 12.0. The summed E-state index contributed by atoms with van der Waals surface area (Å²) in [4.78, 5) is 0. The standard InChI is InChI=1S/C14H24N2O2/c1-6-7-16-9-11(8-15-16)14(17)10-12(2,3)18-13(14,4)5/h8-9,17H,6-7,10H2,1-5H3. The van der Waals surface area contributed by atoms with Crippen LogP contribution in [0.15, 0.2) is 12.4 Å². The van der Waals surface area contributed by atoms with Crippen molar-refractivity contribution in [2.24, 2.45) is 0 Å². The first kappa shape index (κ1) is 13.6. The number of nitrogens with zero attached hydrogens (tertiary/aromatic N) is 2. The minimum atomic E-state index is -0.970. The van der Waals surface area contributed by atoms with Gasteiger partial charge in [-0.15, -0.1) is 0 Å². The second kappa shape index (κ2) is 4.07. The molecule has 0 amide bonds. The van der Waals surface area contributed by atoms with Gasteiger partial charge in [-0.2, -0.15) is 5.10 Å². The Morgan fingerprint density at radius 1 is 1.39 bits per heavy atom. The fourth-order valence-corrected chi connectivity index (χ4v) is 3.02. The molecule has 1 fully saturated rings. The summed E-state index contributed by atoms with van der Waals surface area (Å²) in [5.41, 5.74) is -1.03. The summed E-state index contributed by atoms with van der Waals surface area (Å²) < 4.78 is 7.87. The molecule has 4 nitrogen and oxygen atoms in total. The van der Waals surface area contributed by atoms with E-state index in [2.05, 4.69) is 12.0 Å². The summed E-state index contributed by atoms with van der Waals surface area (Å²) in [5.74, 6) is 0. The molecule has 1 N–H and O–H groups in total. The number of ether oxygens (including phenoxy) is 1. The van der Waals surface area contributed by atoms with Crippen LogP contribution in [0.5, 0.6) is 0 Å². The van der Waals surface area contributed by atoms with Crippen LogP contribution in [0, 0.1) is 0 Å². The summed E-state index contributed by atoms with van der Waals surface area (Å²) in [6.45, 7) is 10.9. The van der Waals surface area contributed by atoms with Crippen molar-refractivity contribution in [2.45, 2.75) is 70.8 Å². The van der Waals surface area contributed by atoms with E-state index in [1.165, 1.54) is 0 Å². The maximum absolute atomic E-state index is 11.0. The molecule has 0 aromatic carbocycles. The van der Waals surface area contributed by atoms with Crippen molar-refractivity contribution >= 4 is 0 Å². The second-order valence-corrected chi connectivity index (χ2v) is 6.40. The third kappa shape index (κ3) is 2.08. The molecule has 18 heavy (non-hydrogen) atoms. The van der Waals surface area contributed by atoms with Gasteiger partial charge in [0.05, 0.1) is 17.4 Å². The maximum Gasteiger partial charge on any atom is 0.124 e. The molecule has 0 bridgehead atoms. The first-order valence-corrected chi connectivity index (χ1v) is 6.66. The lowest BCUT2D eigenvalue weighted by Crippen LogP contribution is -2.43. The average Bonchev–Trinajstić information content (AvgIpc) is 2.69. The predicted molar refractivity (Wildman–Crippen MR) is 70.3 cm³/mol. The first-order chi connectivity index (χ1) is 8.20. The summed E-state index contributed by atoms with van der Waals surface area (Å²) in [5, 5.41) is 15.3. The molecule has 0 aliphatic carbocycles. The highest BCUT2D eigenvalue weighted by Crippen LogP contribution is 2.50. The van der Waals surface area contributed by atoms with Crippen LogP contribution in [0.1, 0.15) is 53.0 Å². The zero-order valence-electron chi connectivity index (χ0n) is 12.0. The lowest BCUT2D eigenvalue weighted by Gasteiger charge is -2.34. The molecule has 1 aromatic rings. The van der Waals surface area contributed by atoms with Gasteiger partial charge in [0.25, 0.3) is 0 Å². The zero-order chi connectivity index (χ0) is 13.6. The molecule has 0 spiro atoms. The Kier molecular flexibility index (Phi) is 3.06. The SMILES string of the molecule is CCCn1cc(C2(O)CC(C)(C)OC2(C)C)cn1. The monoisotopic (exact) mass is 252 g/mol. The molecular formula is C14H24N2O2. The molecule has 0 radical (unpaired) electrons. The molecule has 0 saturated carbocycles. The fourth-order valence-electron chi connectivity index (χ4n) is 3.02. The fraction of sp³-hybridized carbons (Fsp3) is 0.786. The summed E-state index contributed by atoms with van der Waals surface area (Å²) in [6.07, 6.45) is 5.33. The van der Waals surface area contributed by atoms with Gasteiger partial charge >= 0.3 is 0 Å². The van der Waals surface area contributed by atoms with Crippen molar-refractivity contribution in [1.82, 2.24) is 9.78 Å². The number of aliphatic hydroxyl groups is 1. The summed E-state index contributed by atoms with van der Waals surface area (Å²) in [7, 11) is 0. The molecule has 1 aliphatic rings. The largest absolute Gasteiger partial charge is 0.382 e. The number of aryl methyl sites for hydroxylation is 1. The third-order valence-corrected chi connectivity index (χ3v) is 3.77. The summed E-state index contributed by atoms with van der Waals surface area (Å²) in [6, 6.07) is 0. The Bertz CT molecular complexity index is 437. The van der Waals surface area contributed by atoms with Crippen molar-refractivity contribution in [1.29, 1.82) is 0 Å². The molecule has 1 unspecified atom stereocenters. The van der Waals surface area contributed by atoms with E-state index >= 15 is 0 Å². The van der Waals surface area contributed by atoms with Crippen LogP contribution in [0.3, 0.4) is 0 Å². The topological polar surface area (TPSA) is 47.3 Å². The van der Waals surface area contributed by atoms with E-state index in [0.29, 0.717) is 6.42 Å². The van der Waals surface area contributed by atoms with Gasteiger partial charge in [0.2, 0.25) is 0 Å². The average molecular weight is 252 g/mol. The lowest BCUT2D eigenvalue weighted by atomic mass is 9.78. The molecule has 1 aliphatic heterocycles. The number of hydrogen-bond acceptors (Lipinski definition) is 3. The van der Waals surface area contributed by atoms with E-state index in [4.69, 9.17) is 4.74 Å². The normalized spacial score (nSPS) is 29.7. The van der Waals surface area contributed by atoms with Crippen molar-refractivity contribution < 1.29 is 9.84 Å². The van der Waals surface area contributed by atoms with Gasteiger partial charge in [0, 0.05) is 24.7 Å². The lowest BCUT2D eigenvalue weighted by molar-refractivity contribution is -0.129. The van der Waals surface area contributed by atoms with Gasteiger partial charge in [-0.25, -0.2) is 0 Å². The third-order valence-electron chi connectivity index (χ3n) is 3.77. The van der Waals surface area contributed by atoms with Gasteiger partial charge < -0.3 is 9.84 Å².